The quantitative estimate of drug-likeness (QED) is 0.702. The predicted octanol–water partition coefficient (Wildman–Crippen LogP) is 0.486. The van der Waals surface area contributed by atoms with E-state index in [1.165, 1.54) is 11.3 Å². The standard InChI is InChI=1S/C10H13NO4S/c1-2-6-3-4-8(16-6)9(13)11-7(5-12)10(14)15/h3-4,7,12H,2,5H2,1H3,(H,11,13)(H,14,15). The highest BCUT2D eigenvalue weighted by molar-refractivity contribution is 7.14. The Bertz CT molecular complexity index is 388. The maximum atomic E-state index is 11.6. The van der Waals surface area contributed by atoms with E-state index in [4.69, 9.17) is 10.2 Å². The third-order valence-electron chi connectivity index (χ3n) is 2.02. The molecule has 3 N–H and O–H groups in total. The van der Waals surface area contributed by atoms with Crippen molar-refractivity contribution in [2.75, 3.05) is 6.61 Å². The number of carboxylic acid groups (broad SMARTS) is 1. The van der Waals surface area contributed by atoms with Gasteiger partial charge in [0.05, 0.1) is 11.5 Å². The van der Waals surface area contributed by atoms with E-state index in [0.717, 1.165) is 11.3 Å². The van der Waals surface area contributed by atoms with Gasteiger partial charge in [0, 0.05) is 4.88 Å². The minimum Gasteiger partial charge on any atom is -0.480 e. The second kappa shape index (κ2) is 5.62. The van der Waals surface area contributed by atoms with Crippen LogP contribution in [0.2, 0.25) is 0 Å². The van der Waals surface area contributed by atoms with Crippen molar-refractivity contribution in [1.82, 2.24) is 5.32 Å². The van der Waals surface area contributed by atoms with Crippen molar-refractivity contribution in [2.24, 2.45) is 0 Å². The SMILES string of the molecule is CCc1ccc(C(=O)NC(CO)C(=O)O)s1. The van der Waals surface area contributed by atoms with Crippen molar-refractivity contribution in [3.63, 3.8) is 0 Å². The van der Waals surface area contributed by atoms with E-state index >= 15 is 0 Å². The first kappa shape index (κ1) is 12.7. The lowest BCUT2D eigenvalue weighted by atomic mass is 10.3. The monoisotopic (exact) mass is 243 g/mol. The van der Waals surface area contributed by atoms with Crippen LogP contribution in [0.25, 0.3) is 0 Å². The molecule has 1 rings (SSSR count). The normalized spacial score (nSPS) is 12.1. The number of amides is 1. The molecule has 1 amide bonds. The summed E-state index contributed by atoms with van der Waals surface area (Å²) in [6.45, 7) is 1.36. The molecule has 16 heavy (non-hydrogen) atoms. The molecule has 0 radical (unpaired) electrons. The number of hydrogen-bond donors (Lipinski definition) is 3. The van der Waals surface area contributed by atoms with Crippen molar-refractivity contribution in [2.45, 2.75) is 19.4 Å². The number of hydrogen-bond acceptors (Lipinski definition) is 4. The third kappa shape index (κ3) is 3.04. The van der Waals surface area contributed by atoms with Crippen LogP contribution in [0, 0.1) is 0 Å². The second-order valence-corrected chi connectivity index (χ2v) is 4.33. The van der Waals surface area contributed by atoms with Gasteiger partial charge in [0.2, 0.25) is 0 Å². The summed E-state index contributed by atoms with van der Waals surface area (Å²) in [5.41, 5.74) is 0. The van der Waals surface area contributed by atoms with Gasteiger partial charge < -0.3 is 15.5 Å². The number of aliphatic carboxylic acids is 1. The molecule has 6 heteroatoms. The van der Waals surface area contributed by atoms with E-state index < -0.39 is 24.5 Å². The first-order valence-corrected chi connectivity index (χ1v) is 5.63. The Morgan fingerprint density at radius 1 is 1.50 bits per heavy atom. The fraction of sp³-hybridized carbons (Fsp3) is 0.400. The Morgan fingerprint density at radius 2 is 2.19 bits per heavy atom. The molecule has 1 aromatic heterocycles. The van der Waals surface area contributed by atoms with Gasteiger partial charge in [-0.25, -0.2) is 4.79 Å². The van der Waals surface area contributed by atoms with Crippen LogP contribution in [0.5, 0.6) is 0 Å². The predicted molar refractivity (Wildman–Crippen MR) is 59.7 cm³/mol. The summed E-state index contributed by atoms with van der Waals surface area (Å²) < 4.78 is 0. The molecule has 1 aromatic rings. The van der Waals surface area contributed by atoms with E-state index in [1.54, 1.807) is 6.07 Å². The van der Waals surface area contributed by atoms with Crippen LogP contribution in [-0.2, 0) is 11.2 Å². The zero-order valence-corrected chi connectivity index (χ0v) is 9.58. The number of aryl methyl sites for hydroxylation is 1. The van der Waals surface area contributed by atoms with Gasteiger partial charge in [-0.3, -0.25) is 4.79 Å². The molecule has 1 heterocycles. The van der Waals surface area contributed by atoms with E-state index in [9.17, 15) is 9.59 Å². The highest BCUT2D eigenvalue weighted by Crippen LogP contribution is 2.16. The van der Waals surface area contributed by atoms with Crippen LogP contribution in [0.1, 0.15) is 21.5 Å². The molecule has 0 saturated heterocycles. The zero-order chi connectivity index (χ0) is 12.1. The minimum absolute atomic E-state index is 0.455. The van der Waals surface area contributed by atoms with Crippen molar-refractivity contribution in [1.29, 1.82) is 0 Å². The highest BCUT2D eigenvalue weighted by Gasteiger charge is 2.20. The van der Waals surface area contributed by atoms with Gasteiger partial charge in [0.15, 0.2) is 6.04 Å². The van der Waals surface area contributed by atoms with Gasteiger partial charge in [-0.1, -0.05) is 6.92 Å². The average Bonchev–Trinajstić information content (AvgIpc) is 2.73. The molecule has 0 aliphatic rings. The number of carbonyl (C=O) groups excluding carboxylic acids is 1. The summed E-state index contributed by atoms with van der Waals surface area (Å²) in [6, 6.07) is 2.23. The van der Waals surface area contributed by atoms with Crippen LogP contribution in [0.15, 0.2) is 12.1 Å². The molecule has 0 aliphatic heterocycles. The van der Waals surface area contributed by atoms with Crippen molar-refractivity contribution in [3.8, 4) is 0 Å². The Morgan fingerprint density at radius 3 is 2.62 bits per heavy atom. The number of thiophene rings is 1. The smallest absolute Gasteiger partial charge is 0.328 e. The maximum absolute atomic E-state index is 11.6. The molecule has 1 atom stereocenters. The van der Waals surface area contributed by atoms with Gasteiger partial charge in [-0.05, 0) is 18.6 Å². The van der Waals surface area contributed by atoms with Gasteiger partial charge in [-0.2, -0.15) is 0 Å². The molecule has 0 saturated carbocycles. The van der Waals surface area contributed by atoms with E-state index in [1.807, 2.05) is 13.0 Å². The topological polar surface area (TPSA) is 86.6 Å². The minimum atomic E-state index is -1.25. The molecule has 0 spiro atoms. The van der Waals surface area contributed by atoms with Crippen molar-refractivity contribution in [3.05, 3.63) is 21.9 Å². The second-order valence-electron chi connectivity index (χ2n) is 3.17. The molecule has 5 nitrogen and oxygen atoms in total. The Kier molecular flexibility index (Phi) is 4.45. The highest BCUT2D eigenvalue weighted by atomic mass is 32.1. The Hall–Kier alpha value is -1.40. The van der Waals surface area contributed by atoms with Gasteiger partial charge in [0.25, 0.3) is 5.91 Å². The van der Waals surface area contributed by atoms with Crippen LogP contribution in [-0.4, -0.2) is 34.7 Å². The molecular weight excluding hydrogens is 230 g/mol. The summed E-state index contributed by atoms with van der Waals surface area (Å²) >= 11 is 1.32. The summed E-state index contributed by atoms with van der Waals surface area (Å²) in [6.07, 6.45) is 0.834. The third-order valence-corrected chi connectivity index (χ3v) is 3.25. The van der Waals surface area contributed by atoms with Gasteiger partial charge >= 0.3 is 5.97 Å². The molecule has 1 unspecified atom stereocenters. The van der Waals surface area contributed by atoms with Crippen molar-refractivity contribution >= 4 is 23.2 Å². The summed E-state index contributed by atoms with van der Waals surface area (Å²) in [5, 5.41) is 19.6. The lowest BCUT2D eigenvalue weighted by Crippen LogP contribution is -2.43. The summed E-state index contributed by atoms with van der Waals surface area (Å²) in [7, 11) is 0. The van der Waals surface area contributed by atoms with E-state index in [2.05, 4.69) is 5.32 Å². The first-order valence-electron chi connectivity index (χ1n) is 4.81. The molecule has 0 aromatic carbocycles. The lowest BCUT2D eigenvalue weighted by Gasteiger charge is -2.10. The Balaban J connectivity index is 2.67. The largest absolute Gasteiger partial charge is 0.480 e. The van der Waals surface area contributed by atoms with Crippen LogP contribution in [0.4, 0.5) is 0 Å². The van der Waals surface area contributed by atoms with Crippen LogP contribution < -0.4 is 5.32 Å². The maximum Gasteiger partial charge on any atom is 0.328 e. The molecular formula is C10H13NO4S. The molecule has 0 fully saturated rings. The average molecular weight is 243 g/mol. The number of aliphatic hydroxyl groups is 1. The van der Waals surface area contributed by atoms with Crippen molar-refractivity contribution < 1.29 is 19.8 Å². The zero-order valence-electron chi connectivity index (χ0n) is 8.77. The van der Waals surface area contributed by atoms with Crippen LogP contribution >= 0.6 is 11.3 Å². The molecule has 0 aliphatic carbocycles. The molecule has 88 valence electrons. The number of aliphatic hydroxyl groups excluding tert-OH is 1. The van der Waals surface area contributed by atoms with E-state index in [0.29, 0.717) is 4.88 Å². The van der Waals surface area contributed by atoms with Gasteiger partial charge in [0.1, 0.15) is 0 Å². The Labute approximate surface area is 96.7 Å². The van der Waals surface area contributed by atoms with Gasteiger partial charge in [-0.15, -0.1) is 11.3 Å². The lowest BCUT2D eigenvalue weighted by molar-refractivity contribution is -0.140. The summed E-state index contributed by atoms with van der Waals surface area (Å²) in [4.78, 5) is 23.7. The first-order chi connectivity index (χ1) is 7.58. The number of rotatable bonds is 5. The van der Waals surface area contributed by atoms with Crippen LogP contribution in [0.3, 0.4) is 0 Å². The fourth-order valence-corrected chi connectivity index (χ4v) is 1.96. The number of carboxylic acids is 1. The number of nitrogens with one attached hydrogen (secondary N) is 1. The summed E-state index contributed by atoms with van der Waals surface area (Å²) in [5.74, 6) is -1.71. The number of carbonyl (C=O) groups is 2. The fourth-order valence-electron chi connectivity index (χ4n) is 1.10. The molecule has 0 bridgehead atoms. The van der Waals surface area contributed by atoms with E-state index in [-0.39, 0.29) is 0 Å².